The quantitative estimate of drug-likeness (QED) is 0.536. The third-order valence-corrected chi connectivity index (χ3v) is 6.08. The van der Waals surface area contributed by atoms with Crippen LogP contribution in [0.25, 0.3) is 0 Å². The number of halogens is 3. The molecule has 8 heteroatoms. The lowest BCUT2D eigenvalue weighted by Crippen LogP contribution is -2.49. The van der Waals surface area contributed by atoms with Crippen LogP contribution in [0.5, 0.6) is 0 Å². The van der Waals surface area contributed by atoms with Crippen molar-refractivity contribution in [3.8, 4) is 0 Å². The molecule has 1 fully saturated rings. The van der Waals surface area contributed by atoms with Gasteiger partial charge < -0.3 is 15.1 Å². The van der Waals surface area contributed by atoms with Crippen LogP contribution in [0.3, 0.4) is 0 Å². The largest absolute Gasteiger partial charge is 0.416 e. The number of hydrogen-bond donors (Lipinski definition) is 1. The van der Waals surface area contributed by atoms with E-state index in [2.05, 4.69) is 37.9 Å². The van der Waals surface area contributed by atoms with Gasteiger partial charge >= 0.3 is 6.18 Å². The highest BCUT2D eigenvalue weighted by Crippen LogP contribution is 2.29. The van der Waals surface area contributed by atoms with E-state index in [0.29, 0.717) is 31.1 Å². The molecule has 0 aromatic heterocycles. The third kappa shape index (κ3) is 7.73. The summed E-state index contributed by atoms with van der Waals surface area (Å²) < 4.78 is 38.1. The van der Waals surface area contributed by atoms with E-state index in [4.69, 9.17) is 0 Å². The van der Waals surface area contributed by atoms with E-state index in [1.807, 2.05) is 17.0 Å². The highest BCUT2D eigenvalue weighted by molar-refractivity contribution is 6.04. The fourth-order valence-electron chi connectivity index (χ4n) is 4.53. The zero-order chi connectivity index (χ0) is 25.8. The monoisotopic (exact) mass is 489 g/mol. The summed E-state index contributed by atoms with van der Waals surface area (Å²) in [5.41, 5.74) is 1.12. The number of alkyl halides is 3. The average molecular weight is 490 g/mol. The Bertz CT molecular complexity index is 1000. The van der Waals surface area contributed by atoms with Gasteiger partial charge in [0.1, 0.15) is 0 Å². The minimum Gasteiger partial charge on any atom is -0.368 e. The van der Waals surface area contributed by atoms with Crippen LogP contribution in [0.2, 0.25) is 0 Å². The minimum atomic E-state index is -4.44. The van der Waals surface area contributed by atoms with E-state index in [9.17, 15) is 22.8 Å². The molecule has 0 saturated carbocycles. The Labute approximate surface area is 205 Å². The Morgan fingerprint density at radius 3 is 2.00 bits per heavy atom. The fraction of sp³-hybridized carbons (Fsp3) is 0.481. The maximum Gasteiger partial charge on any atom is 0.416 e. The molecule has 0 bridgehead atoms. The summed E-state index contributed by atoms with van der Waals surface area (Å²) in [6.07, 6.45) is -2.85. The first-order valence-electron chi connectivity index (χ1n) is 11.9. The van der Waals surface area contributed by atoms with Crippen LogP contribution in [0.4, 0.5) is 24.5 Å². The molecule has 2 amide bonds. The Morgan fingerprint density at radius 2 is 1.49 bits per heavy atom. The summed E-state index contributed by atoms with van der Waals surface area (Å²) in [6, 6.07) is 11.4. The predicted octanol–water partition coefficient (Wildman–Crippen LogP) is 6.07. The van der Waals surface area contributed by atoms with E-state index in [0.717, 1.165) is 49.5 Å². The van der Waals surface area contributed by atoms with Crippen molar-refractivity contribution in [3.05, 3.63) is 59.7 Å². The van der Waals surface area contributed by atoms with Gasteiger partial charge in [-0.05, 0) is 66.3 Å². The summed E-state index contributed by atoms with van der Waals surface area (Å²) in [4.78, 5) is 29.2. The molecule has 0 unspecified atom stereocenters. The summed E-state index contributed by atoms with van der Waals surface area (Å²) in [5, 5.41) is 2.71. The topological polar surface area (TPSA) is 52.7 Å². The molecule has 3 rings (SSSR count). The van der Waals surface area contributed by atoms with Gasteiger partial charge in [-0.1, -0.05) is 27.7 Å². The van der Waals surface area contributed by atoms with Crippen LogP contribution in [-0.2, 0) is 11.0 Å². The van der Waals surface area contributed by atoms with Gasteiger partial charge in [0.15, 0.2) is 0 Å². The smallest absolute Gasteiger partial charge is 0.368 e. The van der Waals surface area contributed by atoms with Crippen molar-refractivity contribution >= 4 is 23.2 Å². The number of amides is 2. The fourth-order valence-corrected chi connectivity index (χ4v) is 4.53. The molecule has 190 valence electrons. The summed E-state index contributed by atoms with van der Waals surface area (Å²) >= 11 is 0. The summed E-state index contributed by atoms with van der Waals surface area (Å²) in [5.74, 6) is 0.0906. The van der Waals surface area contributed by atoms with E-state index >= 15 is 0 Å². The van der Waals surface area contributed by atoms with Crippen molar-refractivity contribution in [1.29, 1.82) is 0 Å². The van der Waals surface area contributed by atoms with Crippen molar-refractivity contribution in [3.63, 3.8) is 0 Å². The number of nitrogens with one attached hydrogen (secondary N) is 1. The molecule has 1 atom stereocenters. The van der Waals surface area contributed by atoms with Crippen LogP contribution in [0.15, 0.2) is 48.5 Å². The second kappa shape index (κ2) is 10.7. The molecule has 1 aliphatic rings. The molecule has 0 aliphatic carbocycles. The minimum absolute atomic E-state index is 0.152. The normalized spacial score (nSPS) is 15.6. The molecule has 2 aromatic carbocycles. The highest BCUT2D eigenvalue weighted by atomic mass is 19.4. The molecule has 5 nitrogen and oxygen atoms in total. The van der Waals surface area contributed by atoms with E-state index in [1.165, 1.54) is 0 Å². The van der Waals surface area contributed by atoms with Crippen LogP contribution in [0.1, 0.15) is 56.5 Å². The molecule has 0 spiro atoms. The van der Waals surface area contributed by atoms with Gasteiger partial charge in [-0.15, -0.1) is 0 Å². The Balaban J connectivity index is 1.50. The number of anilines is 2. The lowest BCUT2D eigenvalue weighted by molar-refractivity contribution is -0.137. The van der Waals surface area contributed by atoms with Crippen molar-refractivity contribution in [2.24, 2.45) is 11.3 Å². The number of hydrogen-bond acceptors (Lipinski definition) is 3. The molecule has 1 heterocycles. The number of piperazine rings is 1. The summed E-state index contributed by atoms with van der Waals surface area (Å²) in [6.45, 7) is 11.5. The first-order chi connectivity index (χ1) is 16.3. The number of carbonyl (C=O) groups excluding carboxylic acids is 2. The average Bonchev–Trinajstić information content (AvgIpc) is 2.78. The maximum absolute atomic E-state index is 12.7. The van der Waals surface area contributed by atoms with E-state index in [1.54, 1.807) is 12.1 Å². The van der Waals surface area contributed by atoms with Crippen LogP contribution >= 0.6 is 0 Å². The molecule has 1 aliphatic heterocycles. The van der Waals surface area contributed by atoms with Crippen LogP contribution < -0.4 is 10.2 Å². The standard InChI is InChI=1S/C27H34F3N3O2/c1-19(18-26(2,3)4)17-24(34)33-15-13-32(14-16-33)23-11-9-22(10-12-23)31-25(35)20-5-7-21(8-6-20)27(28,29)30/h5-12,19H,13-18H2,1-4H3,(H,31,35)/t19-/m0/s1. The van der Waals surface area contributed by atoms with Crippen molar-refractivity contribution in [1.82, 2.24) is 4.90 Å². The van der Waals surface area contributed by atoms with E-state index < -0.39 is 17.6 Å². The van der Waals surface area contributed by atoms with Gasteiger partial charge in [-0.2, -0.15) is 13.2 Å². The van der Waals surface area contributed by atoms with Gasteiger partial charge in [0.25, 0.3) is 5.91 Å². The second-order valence-corrected chi connectivity index (χ2v) is 10.5. The zero-order valence-electron chi connectivity index (χ0n) is 20.8. The van der Waals surface area contributed by atoms with Gasteiger partial charge in [0.2, 0.25) is 5.91 Å². The molecule has 2 aromatic rings. The SMILES string of the molecule is C[C@@H](CC(=O)N1CCN(c2ccc(NC(=O)c3ccc(C(F)(F)F)cc3)cc2)CC1)CC(C)(C)C. The first kappa shape index (κ1) is 26.6. The molecule has 1 saturated heterocycles. The first-order valence-corrected chi connectivity index (χ1v) is 11.9. The van der Waals surface area contributed by atoms with Crippen molar-refractivity contribution in [2.75, 3.05) is 36.4 Å². The number of benzene rings is 2. The van der Waals surface area contributed by atoms with Crippen molar-refractivity contribution < 1.29 is 22.8 Å². The van der Waals surface area contributed by atoms with Crippen LogP contribution in [-0.4, -0.2) is 42.9 Å². The number of nitrogens with zero attached hydrogens (tertiary/aromatic N) is 2. The maximum atomic E-state index is 12.7. The second-order valence-electron chi connectivity index (χ2n) is 10.5. The molecular weight excluding hydrogens is 455 g/mol. The Kier molecular flexibility index (Phi) is 8.13. The van der Waals surface area contributed by atoms with Gasteiger partial charge in [0.05, 0.1) is 5.56 Å². The van der Waals surface area contributed by atoms with Gasteiger partial charge in [0, 0.05) is 49.5 Å². The Morgan fingerprint density at radius 1 is 0.914 bits per heavy atom. The number of rotatable bonds is 6. The molecule has 1 N–H and O–H groups in total. The van der Waals surface area contributed by atoms with Crippen LogP contribution in [0, 0.1) is 11.3 Å². The lowest BCUT2D eigenvalue weighted by Gasteiger charge is -2.37. The molecule has 35 heavy (non-hydrogen) atoms. The predicted molar refractivity (Wildman–Crippen MR) is 132 cm³/mol. The van der Waals surface area contributed by atoms with Gasteiger partial charge in [-0.25, -0.2) is 0 Å². The third-order valence-electron chi connectivity index (χ3n) is 6.08. The highest BCUT2D eigenvalue weighted by Gasteiger charge is 2.30. The Hall–Kier alpha value is -3.03. The van der Waals surface area contributed by atoms with E-state index in [-0.39, 0.29) is 16.9 Å². The summed E-state index contributed by atoms with van der Waals surface area (Å²) in [7, 11) is 0. The van der Waals surface area contributed by atoms with Gasteiger partial charge in [-0.3, -0.25) is 9.59 Å². The molecule has 0 radical (unpaired) electrons. The van der Waals surface area contributed by atoms with Crippen molar-refractivity contribution in [2.45, 2.75) is 46.7 Å². The zero-order valence-corrected chi connectivity index (χ0v) is 20.8. The lowest BCUT2D eigenvalue weighted by atomic mass is 9.84. The number of carbonyl (C=O) groups is 2. The molecular formula is C27H34F3N3O2.